The molecule has 0 saturated carbocycles. The molecule has 12 heteroatoms. The first-order valence-corrected chi connectivity index (χ1v) is 27.2. The van der Waals surface area contributed by atoms with E-state index in [1.54, 1.807) is 0 Å². The minimum atomic E-state index is -1.93. The zero-order valence-electron chi connectivity index (χ0n) is 43.9. The molecule has 0 radical (unpaired) electrons. The molecule has 3 N–H and O–H groups in total. The summed E-state index contributed by atoms with van der Waals surface area (Å²) < 4.78 is 28.2. The molecule has 402 valence electrons. The van der Waals surface area contributed by atoms with Gasteiger partial charge in [0.25, 0.3) is 0 Å². The third-order valence-electron chi connectivity index (χ3n) is 11.7. The second kappa shape index (κ2) is 46.7. The molecular formula is C59H94O12. The van der Waals surface area contributed by atoms with Crippen LogP contribution in [0.5, 0.6) is 0 Å². The van der Waals surface area contributed by atoms with Gasteiger partial charge in [0.2, 0.25) is 0 Å². The normalized spacial score (nSPS) is 19.3. The van der Waals surface area contributed by atoms with Gasteiger partial charge in [-0.3, -0.25) is 14.4 Å². The van der Waals surface area contributed by atoms with Crippen molar-refractivity contribution >= 4 is 23.9 Å². The van der Waals surface area contributed by atoms with Gasteiger partial charge in [-0.1, -0.05) is 189 Å². The monoisotopic (exact) mass is 995 g/mol. The summed E-state index contributed by atoms with van der Waals surface area (Å²) in [7, 11) is 0. The number of carbonyl (C=O) groups is 4. The Bertz CT molecular complexity index is 1610. The molecule has 6 atom stereocenters. The Morgan fingerprint density at radius 1 is 0.479 bits per heavy atom. The number of aliphatic hydroxyl groups excluding tert-OH is 2. The Hall–Kier alpha value is -4.36. The number of carbonyl (C=O) groups excluding carboxylic acids is 3. The maximum Gasteiger partial charge on any atom is 0.335 e. The molecule has 1 aliphatic rings. The highest BCUT2D eigenvalue weighted by atomic mass is 16.7. The van der Waals surface area contributed by atoms with E-state index in [4.69, 9.17) is 23.7 Å². The van der Waals surface area contributed by atoms with Crippen molar-refractivity contribution in [3.8, 4) is 0 Å². The van der Waals surface area contributed by atoms with E-state index in [-0.39, 0.29) is 25.9 Å². The van der Waals surface area contributed by atoms with Crippen LogP contribution in [0.2, 0.25) is 0 Å². The van der Waals surface area contributed by atoms with Crippen LogP contribution in [-0.2, 0) is 42.9 Å². The van der Waals surface area contributed by atoms with Gasteiger partial charge in [0.15, 0.2) is 24.6 Å². The highest BCUT2D eigenvalue weighted by Crippen LogP contribution is 2.26. The lowest BCUT2D eigenvalue weighted by Gasteiger charge is -2.40. The van der Waals surface area contributed by atoms with Gasteiger partial charge in [0, 0.05) is 19.3 Å². The molecule has 1 saturated heterocycles. The maximum atomic E-state index is 13.0. The lowest BCUT2D eigenvalue weighted by Crippen LogP contribution is -2.61. The van der Waals surface area contributed by atoms with Gasteiger partial charge >= 0.3 is 23.9 Å². The Kier molecular flexibility index (Phi) is 42.5. The van der Waals surface area contributed by atoms with Crippen molar-refractivity contribution in [2.45, 2.75) is 237 Å². The number of rotatable bonds is 44. The van der Waals surface area contributed by atoms with Crippen molar-refractivity contribution in [3.05, 3.63) is 97.2 Å². The maximum absolute atomic E-state index is 13.0. The van der Waals surface area contributed by atoms with E-state index in [0.717, 1.165) is 103 Å². The third-order valence-corrected chi connectivity index (χ3v) is 11.7. The molecule has 0 amide bonds. The molecule has 0 aromatic rings. The van der Waals surface area contributed by atoms with Crippen molar-refractivity contribution in [1.29, 1.82) is 0 Å². The summed E-state index contributed by atoms with van der Waals surface area (Å²) in [6.45, 7) is 5.67. The van der Waals surface area contributed by atoms with Crippen LogP contribution in [-0.4, -0.2) is 89.2 Å². The van der Waals surface area contributed by atoms with E-state index in [1.807, 2.05) is 12.2 Å². The first-order valence-electron chi connectivity index (χ1n) is 27.2. The fourth-order valence-corrected chi connectivity index (χ4v) is 7.53. The summed E-state index contributed by atoms with van der Waals surface area (Å²) in [5, 5.41) is 31.4. The molecule has 0 bridgehead atoms. The van der Waals surface area contributed by atoms with Gasteiger partial charge in [-0.05, 0) is 89.9 Å². The van der Waals surface area contributed by atoms with E-state index in [9.17, 15) is 34.5 Å². The summed E-state index contributed by atoms with van der Waals surface area (Å²) in [6.07, 6.45) is 48.3. The van der Waals surface area contributed by atoms with Gasteiger partial charge in [0.05, 0.1) is 6.61 Å². The predicted molar refractivity (Wildman–Crippen MR) is 284 cm³/mol. The summed E-state index contributed by atoms with van der Waals surface area (Å²) in [4.78, 5) is 50.8. The SMILES string of the molecule is CC/C=C\C/C=C\C/C=C\C/C=C\C/C=C\CCCC(=O)OC1C(OCC(COC(=O)CCCCCCC/C=C\C/C=C\C/C=C\CC)OC(=O)CCCCCCCCCCC)OC(C(=O)O)C(O)C1O. The number of ether oxygens (including phenoxy) is 5. The zero-order valence-corrected chi connectivity index (χ0v) is 43.9. The minimum Gasteiger partial charge on any atom is -0.479 e. The van der Waals surface area contributed by atoms with Crippen LogP contribution >= 0.6 is 0 Å². The van der Waals surface area contributed by atoms with Crippen molar-refractivity contribution in [3.63, 3.8) is 0 Å². The van der Waals surface area contributed by atoms with Crippen molar-refractivity contribution in [1.82, 2.24) is 0 Å². The number of carboxylic acid groups (broad SMARTS) is 1. The predicted octanol–water partition coefficient (Wildman–Crippen LogP) is 13.3. The molecule has 1 heterocycles. The minimum absolute atomic E-state index is 0.0229. The van der Waals surface area contributed by atoms with Gasteiger partial charge in [-0.15, -0.1) is 0 Å². The van der Waals surface area contributed by atoms with Gasteiger partial charge < -0.3 is 39.0 Å². The standard InChI is InChI=1S/C59H94O12/c1-4-7-10-13-16-19-21-23-25-26-28-30-32-35-38-41-44-47-53(62)70-57-55(64)54(63)56(58(65)66)71-59(57)68-49-50(69-52(61)46-43-40-37-33-18-15-12-9-6-3)48-67-51(60)45-42-39-36-34-31-29-27-24-22-20-17-14-11-8-5-2/h7-8,10-11,16-17,19-20,23-25,27-28,30,35,38,50,54-57,59,63-64H,4-6,9,12-15,18,21-22,26,29,31-34,36-37,39-49H2,1-3H3,(H,65,66)/b10-7-,11-8-,19-16-,20-17-,25-23-,27-24-,30-28-,38-35-. The van der Waals surface area contributed by atoms with E-state index in [0.29, 0.717) is 25.7 Å². The van der Waals surface area contributed by atoms with Crippen LogP contribution in [0.1, 0.15) is 201 Å². The summed E-state index contributed by atoms with van der Waals surface area (Å²) in [5.41, 5.74) is 0. The van der Waals surface area contributed by atoms with E-state index < -0.39 is 67.3 Å². The van der Waals surface area contributed by atoms with Gasteiger partial charge in [-0.25, -0.2) is 4.79 Å². The number of hydrogen-bond donors (Lipinski definition) is 3. The van der Waals surface area contributed by atoms with E-state index >= 15 is 0 Å². The average Bonchev–Trinajstić information content (AvgIpc) is 3.35. The molecule has 6 unspecified atom stereocenters. The second-order valence-electron chi connectivity index (χ2n) is 18.1. The number of carboxylic acids is 1. The lowest BCUT2D eigenvalue weighted by molar-refractivity contribution is -0.301. The van der Waals surface area contributed by atoms with Crippen LogP contribution < -0.4 is 0 Å². The molecule has 12 nitrogen and oxygen atoms in total. The van der Waals surface area contributed by atoms with E-state index in [1.165, 1.54) is 32.1 Å². The first-order chi connectivity index (χ1) is 34.6. The Balaban J connectivity index is 2.74. The lowest BCUT2D eigenvalue weighted by atomic mass is 9.98. The molecule has 1 aliphatic heterocycles. The van der Waals surface area contributed by atoms with Crippen LogP contribution in [0, 0.1) is 0 Å². The number of allylic oxidation sites excluding steroid dienone is 16. The molecule has 71 heavy (non-hydrogen) atoms. The third kappa shape index (κ3) is 37.1. The number of aliphatic carboxylic acids is 1. The van der Waals surface area contributed by atoms with Crippen LogP contribution in [0.3, 0.4) is 0 Å². The van der Waals surface area contributed by atoms with Crippen molar-refractivity contribution in [2.75, 3.05) is 13.2 Å². The summed E-state index contributed by atoms with van der Waals surface area (Å²) in [6, 6.07) is 0. The summed E-state index contributed by atoms with van der Waals surface area (Å²) in [5.74, 6) is -3.23. The first kappa shape index (κ1) is 64.7. The fraction of sp³-hybridized carbons (Fsp3) is 0.661. The van der Waals surface area contributed by atoms with Crippen molar-refractivity contribution in [2.24, 2.45) is 0 Å². The van der Waals surface area contributed by atoms with Crippen LogP contribution in [0.15, 0.2) is 97.2 Å². The largest absolute Gasteiger partial charge is 0.479 e. The average molecular weight is 995 g/mol. The zero-order chi connectivity index (χ0) is 51.8. The highest BCUT2D eigenvalue weighted by molar-refractivity contribution is 5.74. The highest BCUT2D eigenvalue weighted by Gasteiger charge is 2.50. The molecule has 0 spiro atoms. The van der Waals surface area contributed by atoms with Crippen LogP contribution in [0.25, 0.3) is 0 Å². The Labute approximate surface area is 428 Å². The van der Waals surface area contributed by atoms with Gasteiger partial charge in [0.1, 0.15) is 18.8 Å². The van der Waals surface area contributed by atoms with Crippen molar-refractivity contribution < 1.29 is 58.2 Å². The summed E-state index contributed by atoms with van der Waals surface area (Å²) >= 11 is 0. The number of unbranched alkanes of at least 4 members (excludes halogenated alkanes) is 14. The number of hydrogen-bond acceptors (Lipinski definition) is 11. The smallest absolute Gasteiger partial charge is 0.335 e. The molecule has 0 aromatic carbocycles. The molecule has 0 aromatic heterocycles. The molecule has 1 rings (SSSR count). The fourth-order valence-electron chi connectivity index (χ4n) is 7.53. The van der Waals surface area contributed by atoms with E-state index in [2.05, 4.69) is 106 Å². The number of esters is 3. The quantitative estimate of drug-likeness (QED) is 0.0228. The topological polar surface area (TPSA) is 175 Å². The van der Waals surface area contributed by atoms with Crippen LogP contribution in [0.4, 0.5) is 0 Å². The second-order valence-corrected chi connectivity index (χ2v) is 18.1. The molecule has 1 fully saturated rings. The number of aliphatic hydroxyl groups is 2. The molecular weight excluding hydrogens is 901 g/mol. The molecule has 0 aliphatic carbocycles. The van der Waals surface area contributed by atoms with Gasteiger partial charge in [-0.2, -0.15) is 0 Å². The Morgan fingerprint density at radius 3 is 1.39 bits per heavy atom. The Morgan fingerprint density at radius 2 is 0.901 bits per heavy atom.